The molecule has 1 heterocycles. The molecule has 1 aromatic heterocycles. The van der Waals surface area contributed by atoms with Crippen LogP contribution >= 0.6 is 0 Å². The second-order valence-corrected chi connectivity index (χ2v) is 4.22. The first-order valence-corrected chi connectivity index (χ1v) is 5.92. The van der Waals surface area contributed by atoms with Gasteiger partial charge in [0.2, 0.25) is 0 Å². The molecule has 0 unspecified atom stereocenters. The van der Waals surface area contributed by atoms with E-state index in [1.54, 1.807) is 0 Å². The third-order valence-corrected chi connectivity index (χ3v) is 2.67. The van der Waals surface area contributed by atoms with Crippen LogP contribution in [-0.4, -0.2) is 16.0 Å². The summed E-state index contributed by atoms with van der Waals surface area (Å²) in [6.07, 6.45) is 7.92. The second kappa shape index (κ2) is 5.21. The van der Waals surface area contributed by atoms with Gasteiger partial charge in [-0.3, -0.25) is 0 Å². The predicted molar refractivity (Wildman–Crippen MR) is 60.5 cm³/mol. The molecule has 1 saturated carbocycles. The summed E-state index contributed by atoms with van der Waals surface area (Å²) >= 11 is 0. The van der Waals surface area contributed by atoms with E-state index in [2.05, 4.69) is 22.2 Å². The summed E-state index contributed by atoms with van der Waals surface area (Å²) in [6, 6.07) is 2.75. The number of hydrogen-bond donors (Lipinski definition) is 1. The molecule has 1 aliphatic rings. The Balaban J connectivity index is 1.85. The summed E-state index contributed by atoms with van der Waals surface area (Å²) in [7, 11) is 0. The highest BCUT2D eigenvalue weighted by Gasteiger charge is 2.20. The normalized spacial score (nSPS) is 15.5. The first-order valence-electron chi connectivity index (χ1n) is 5.92. The lowest BCUT2D eigenvalue weighted by atomic mass is 10.2. The molecular weight excluding hydrogens is 186 g/mol. The third kappa shape index (κ3) is 3.59. The highest BCUT2D eigenvalue weighted by molar-refractivity contribution is 5.03. The number of unbranched alkanes of at least 4 members (excludes halogenated alkanes) is 1. The van der Waals surface area contributed by atoms with Crippen LogP contribution in [0.15, 0.2) is 12.3 Å². The number of nitrogens with zero attached hydrogens (tertiary/aromatic N) is 2. The van der Waals surface area contributed by atoms with Gasteiger partial charge < -0.3 is 5.32 Å². The standard InChI is InChI=1S/C12H19N3/c1-2-3-4-12-13-8-7-11(15-12)9-14-10-5-6-10/h7-8,10,14H,2-6,9H2,1H3. The second-order valence-electron chi connectivity index (χ2n) is 4.22. The minimum Gasteiger partial charge on any atom is -0.308 e. The molecule has 82 valence electrons. The lowest BCUT2D eigenvalue weighted by Gasteiger charge is -2.04. The summed E-state index contributed by atoms with van der Waals surface area (Å²) in [5.41, 5.74) is 1.13. The molecular formula is C12H19N3. The van der Waals surface area contributed by atoms with Crippen molar-refractivity contribution in [3.63, 3.8) is 0 Å². The Hall–Kier alpha value is -0.960. The Labute approximate surface area is 91.3 Å². The predicted octanol–water partition coefficient (Wildman–Crippen LogP) is 2.07. The van der Waals surface area contributed by atoms with E-state index in [1.165, 1.54) is 25.7 Å². The van der Waals surface area contributed by atoms with Gasteiger partial charge in [-0.15, -0.1) is 0 Å². The first kappa shape index (κ1) is 10.6. The van der Waals surface area contributed by atoms with Crippen LogP contribution < -0.4 is 5.32 Å². The van der Waals surface area contributed by atoms with Crippen molar-refractivity contribution in [1.82, 2.24) is 15.3 Å². The average Bonchev–Trinajstić information content (AvgIpc) is 3.08. The third-order valence-electron chi connectivity index (χ3n) is 2.67. The van der Waals surface area contributed by atoms with Gasteiger partial charge in [0, 0.05) is 25.2 Å². The van der Waals surface area contributed by atoms with Crippen LogP contribution in [0.1, 0.15) is 44.1 Å². The maximum atomic E-state index is 4.54. The fourth-order valence-electron chi connectivity index (χ4n) is 1.53. The van der Waals surface area contributed by atoms with Crippen molar-refractivity contribution in [1.29, 1.82) is 0 Å². The van der Waals surface area contributed by atoms with Crippen LogP contribution in [0.2, 0.25) is 0 Å². The monoisotopic (exact) mass is 205 g/mol. The summed E-state index contributed by atoms with van der Waals surface area (Å²) < 4.78 is 0. The molecule has 0 aromatic carbocycles. The van der Waals surface area contributed by atoms with Gasteiger partial charge in [0.1, 0.15) is 5.82 Å². The van der Waals surface area contributed by atoms with E-state index in [-0.39, 0.29) is 0 Å². The highest BCUT2D eigenvalue weighted by Crippen LogP contribution is 2.18. The Bertz CT molecular complexity index is 307. The van der Waals surface area contributed by atoms with Gasteiger partial charge >= 0.3 is 0 Å². The summed E-state index contributed by atoms with van der Waals surface area (Å²) in [5, 5.41) is 3.47. The van der Waals surface area contributed by atoms with E-state index < -0.39 is 0 Å². The van der Waals surface area contributed by atoms with Crippen LogP contribution in [0, 0.1) is 0 Å². The number of hydrogen-bond acceptors (Lipinski definition) is 3. The molecule has 1 aromatic rings. The zero-order valence-corrected chi connectivity index (χ0v) is 9.37. The summed E-state index contributed by atoms with van der Waals surface area (Å²) in [5.74, 6) is 0.993. The molecule has 0 saturated heterocycles. The van der Waals surface area contributed by atoms with Crippen LogP contribution in [0.4, 0.5) is 0 Å². The Morgan fingerprint density at radius 1 is 1.47 bits per heavy atom. The van der Waals surface area contributed by atoms with Gasteiger partial charge in [0.15, 0.2) is 0 Å². The topological polar surface area (TPSA) is 37.8 Å². The van der Waals surface area contributed by atoms with Crippen LogP contribution in [0.3, 0.4) is 0 Å². The molecule has 2 rings (SSSR count). The van der Waals surface area contributed by atoms with Gasteiger partial charge in [-0.1, -0.05) is 13.3 Å². The van der Waals surface area contributed by atoms with Crippen LogP contribution in [0.5, 0.6) is 0 Å². The number of aromatic nitrogens is 2. The largest absolute Gasteiger partial charge is 0.308 e. The quantitative estimate of drug-likeness (QED) is 0.772. The number of aryl methyl sites for hydroxylation is 1. The van der Waals surface area contributed by atoms with Gasteiger partial charge in [-0.2, -0.15) is 0 Å². The Morgan fingerprint density at radius 2 is 2.33 bits per heavy atom. The number of nitrogens with one attached hydrogen (secondary N) is 1. The fourth-order valence-corrected chi connectivity index (χ4v) is 1.53. The van der Waals surface area contributed by atoms with Crippen molar-refractivity contribution in [2.75, 3.05) is 0 Å². The Kier molecular flexibility index (Phi) is 3.67. The van der Waals surface area contributed by atoms with Gasteiger partial charge in [-0.25, -0.2) is 9.97 Å². The molecule has 0 amide bonds. The molecule has 0 aliphatic heterocycles. The lowest BCUT2D eigenvalue weighted by Crippen LogP contribution is -2.16. The molecule has 0 spiro atoms. The van der Waals surface area contributed by atoms with Crippen LogP contribution in [0.25, 0.3) is 0 Å². The molecule has 0 radical (unpaired) electrons. The van der Waals surface area contributed by atoms with E-state index in [4.69, 9.17) is 0 Å². The maximum Gasteiger partial charge on any atom is 0.128 e. The minimum atomic E-state index is 0.749. The average molecular weight is 205 g/mol. The minimum absolute atomic E-state index is 0.749. The number of rotatable bonds is 6. The molecule has 0 atom stereocenters. The molecule has 0 bridgehead atoms. The van der Waals surface area contributed by atoms with E-state index in [9.17, 15) is 0 Å². The molecule has 3 heteroatoms. The van der Waals surface area contributed by atoms with E-state index in [1.807, 2.05) is 12.3 Å². The van der Waals surface area contributed by atoms with E-state index >= 15 is 0 Å². The van der Waals surface area contributed by atoms with Crippen molar-refractivity contribution in [3.8, 4) is 0 Å². The maximum absolute atomic E-state index is 4.54. The SMILES string of the molecule is CCCCc1nccc(CNC2CC2)n1. The van der Waals surface area contributed by atoms with Gasteiger partial charge in [-0.05, 0) is 25.3 Å². The molecule has 1 N–H and O–H groups in total. The smallest absolute Gasteiger partial charge is 0.128 e. The van der Waals surface area contributed by atoms with Crippen molar-refractivity contribution in [3.05, 3.63) is 23.8 Å². The lowest BCUT2D eigenvalue weighted by molar-refractivity contribution is 0.662. The van der Waals surface area contributed by atoms with Crippen LogP contribution in [-0.2, 0) is 13.0 Å². The fraction of sp³-hybridized carbons (Fsp3) is 0.667. The summed E-state index contributed by atoms with van der Waals surface area (Å²) in [6.45, 7) is 3.09. The molecule has 15 heavy (non-hydrogen) atoms. The highest BCUT2D eigenvalue weighted by atomic mass is 15.0. The Morgan fingerprint density at radius 3 is 3.07 bits per heavy atom. The van der Waals surface area contributed by atoms with Gasteiger partial charge in [0.25, 0.3) is 0 Å². The van der Waals surface area contributed by atoms with Crippen molar-refractivity contribution in [2.24, 2.45) is 0 Å². The van der Waals surface area contributed by atoms with E-state index in [0.29, 0.717) is 0 Å². The molecule has 1 aliphatic carbocycles. The van der Waals surface area contributed by atoms with Gasteiger partial charge in [0.05, 0.1) is 5.69 Å². The molecule has 1 fully saturated rings. The zero-order valence-electron chi connectivity index (χ0n) is 9.37. The van der Waals surface area contributed by atoms with E-state index in [0.717, 1.165) is 30.5 Å². The zero-order chi connectivity index (χ0) is 10.5. The van der Waals surface area contributed by atoms with Crippen molar-refractivity contribution in [2.45, 2.75) is 51.6 Å². The van der Waals surface area contributed by atoms with Crippen molar-refractivity contribution < 1.29 is 0 Å². The van der Waals surface area contributed by atoms with Crippen molar-refractivity contribution >= 4 is 0 Å². The first-order chi connectivity index (χ1) is 7.38. The summed E-state index contributed by atoms with van der Waals surface area (Å²) in [4.78, 5) is 8.82. The molecule has 3 nitrogen and oxygen atoms in total.